The van der Waals surface area contributed by atoms with Gasteiger partial charge in [0, 0.05) is 29.1 Å². The molecule has 2 atom stereocenters. The molecule has 2 rings (SSSR count). The smallest absolute Gasteiger partial charge is 0.315 e. The minimum absolute atomic E-state index is 0.0223. The highest BCUT2D eigenvalue weighted by molar-refractivity contribution is 7.99. The van der Waals surface area contributed by atoms with E-state index < -0.39 is 0 Å². The molecule has 3 nitrogen and oxygen atoms in total. The Bertz CT molecular complexity index is 361. The van der Waals surface area contributed by atoms with Crippen molar-refractivity contribution in [3.8, 4) is 0 Å². The molecule has 18 heavy (non-hydrogen) atoms. The maximum atomic E-state index is 11.8. The fourth-order valence-electron chi connectivity index (χ4n) is 2.01. The summed E-state index contributed by atoms with van der Waals surface area (Å²) < 4.78 is 0. The molecule has 2 heterocycles. The molecule has 1 fully saturated rings. The van der Waals surface area contributed by atoms with Crippen molar-refractivity contribution in [1.29, 1.82) is 0 Å². The lowest BCUT2D eigenvalue weighted by atomic mass is 10.1. The van der Waals surface area contributed by atoms with E-state index in [2.05, 4.69) is 35.1 Å². The monoisotopic (exact) mass is 284 g/mol. The fraction of sp³-hybridized carbons (Fsp3) is 0.615. The molecule has 0 radical (unpaired) electrons. The van der Waals surface area contributed by atoms with Crippen molar-refractivity contribution in [2.24, 2.45) is 0 Å². The molecule has 100 valence electrons. The highest BCUT2D eigenvalue weighted by Crippen LogP contribution is 2.19. The standard InChI is InChI=1S/C13H20N2OS2/c1-10(12-5-3-7-18-12)8-14-13(16)15-11-4-2-6-17-9-11/h3,5,7,10-11H,2,4,6,8-9H2,1H3,(H2,14,15,16)/t10-,11+/m0/s1. The van der Waals surface area contributed by atoms with Gasteiger partial charge in [0.25, 0.3) is 0 Å². The number of hydrogen-bond donors (Lipinski definition) is 2. The molecule has 0 spiro atoms. The van der Waals surface area contributed by atoms with Gasteiger partial charge in [-0.3, -0.25) is 0 Å². The summed E-state index contributed by atoms with van der Waals surface area (Å²) in [5.41, 5.74) is 0. The average molecular weight is 284 g/mol. The summed E-state index contributed by atoms with van der Waals surface area (Å²) in [6, 6.07) is 4.49. The fourth-order valence-corrected chi connectivity index (χ4v) is 3.87. The molecular formula is C13H20N2OS2. The number of amides is 2. The third kappa shape index (κ3) is 4.21. The Hall–Kier alpha value is -0.680. The van der Waals surface area contributed by atoms with Gasteiger partial charge >= 0.3 is 6.03 Å². The highest BCUT2D eigenvalue weighted by atomic mass is 32.2. The van der Waals surface area contributed by atoms with Crippen molar-refractivity contribution in [1.82, 2.24) is 10.6 Å². The Balaban J connectivity index is 1.68. The number of thiophene rings is 1. The number of rotatable bonds is 4. The van der Waals surface area contributed by atoms with E-state index in [-0.39, 0.29) is 6.03 Å². The van der Waals surface area contributed by atoms with Crippen molar-refractivity contribution >= 4 is 29.1 Å². The van der Waals surface area contributed by atoms with Gasteiger partial charge in [-0.25, -0.2) is 4.79 Å². The van der Waals surface area contributed by atoms with Crippen molar-refractivity contribution in [2.45, 2.75) is 31.7 Å². The van der Waals surface area contributed by atoms with E-state index in [0.29, 0.717) is 18.5 Å². The molecule has 1 aromatic rings. The zero-order valence-electron chi connectivity index (χ0n) is 10.6. The van der Waals surface area contributed by atoms with Crippen LogP contribution in [0.25, 0.3) is 0 Å². The van der Waals surface area contributed by atoms with Crippen LogP contribution in [0, 0.1) is 0 Å². The second kappa shape index (κ2) is 7.04. The van der Waals surface area contributed by atoms with Gasteiger partial charge in [-0.2, -0.15) is 11.8 Å². The summed E-state index contributed by atoms with van der Waals surface area (Å²) in [6.45, 7) is 2.84. The molecule has 1 aliphatic rings. The van der Waals surface area contributed by atoms with Gasteiger partial charge in [-0.05, 0) is 30.0 Å². The van der Waals surface area contributed by atoms with E-state index >= 15 is 0 Å². The first-order valence-corrected chi connectivity index (χ1v) is 8.44. The van der Waals surface area contributed by atoms with Crippen molar-refractivity contribution in [2.75, 3.05) is 18.1 Å². The minimum Gasteiger partial charge on any atom is -0.338 e. The maximum absolute atomic E-state index is 11.8. The van der Waals surface area contributed by atoms with E-state index in [9.17, 15) is 4.79 Å². The van der Waals surface area contributed by atoms with Gasteiger partial charge in [0.1, 0.15) is 0 Å². The van der Waals surface area contributed by atoms with Crippen LogP contribution in [0.2, 0.25) is 0 Å². The van der Waals surface area contributed by atoms with Crippen LogP contribution in [0.3, 0.4) is 0 Å². The lowest BCUT2D eigenvalue weighted by Crippen LogP contribution is -2.45. The first kappa shape index (κ1) is 13.7. The second-order valence-electron chi connectivity index (χ2n) is 4.68. The van der Waals surface area contributed by atoms with Crippen LogP contribution in [0.5, 0.6) is 0 Å². The SMILES string of the molecule is C[C@@H](CNC(=O)N[C@@H]1CCCSC1)c1cccs1. The lowest BCUT2D eigenvalue weighted by molar-refractivity contribution is 0.236. The van der Waals surface area contributed by atoms with Crippen molar-refractivity contribution < 1.29 is 4.79 Å². The molecular weight excluding hydrogens is 264 g/mol. The van der Waals surface area contributed by atoms with Crippen LogP contribution >= 0.6 is 23.1 Å². The summed E-state index contributed by atoms with van der Waals surface area (Å²) in [6.07, 6.45) is 2.32. The quantitative estimate of drug-likeness (QED) is 0.892. The summed E-state index contributed by atoms with van der Waals surface area (Å²) in [5, 5.41) is 8.09. The molecule has 2 amide bonds. The maximum Gasteiger partial charge on any atom is 0.315 e. The van der Waals surface area contributed by atoms with E-state index in [0.717, 1.165) is 12.2 Å². The zero-order valence-corrected chi connectivity index (χ0v) is 12.3. The Labute approximate surface area is 117 Å². The average Bonchev–Trinajstić information content (AvgIpc) is 2.91. The van der Waals surface area contributed by atoms with Gasteiger partial charge in [0.2, 0.25) is 0 Å². The number of thioether (sulfide) groups is 1. The number of nitrogens with one attached hydrogen (secondary N) is 2. The van der Waals surface area contributed by atoms with Crippen LogP contribution in [-0.2, 0) is 0 Å². The molecule has 2 N–H and O–H groups in total. The van der Waals surface area contributed by atoms with E-state index in [1.807, 2.05) is 11.8 Å². The summed E-state index contributed by atoms with van der Waals surface area (Å²) in [4.78, 5) is 13.1. The molecule has 0 saturated carbocycles. The first-order valence-electron chi connectivity index (χ1n) is 6.41. The van der Waals surface area contributed by atoms with Crippen LogP contribution in [0.1, 0.15) is 30.6 Å². The Morgan fingerprint density at radius 3 is 3.17 bits per heavy atom. The number of carbonyl (C=O) groups excluding carboxylic acids is 1. The molecule has 0 aliphatic carbocycles. The molecule has 1 saturated heterocycles. The normalized spacial score (nSPS) is 21.3. The highest BCUT2D eigenvalue weighted by Gasteiger charge is 2.16. The Morgan fingerprint density at radius 1 is 1.61 bits per heavy atom. The Morgan fingerprint density at radius 2 is 2.50 bits per heavy atom. The topological polar surface area (TPSA) is 41.1 Å². The van der Waals surface area contributed by atoms with E-state index in [4.69, 9.17) is 0 Å². The summed E-state index contributed by atoms with van der Waals surface area (Å²) in [5.74, 6) is 2.67. The van der Waals surface area contributed by atoms with Gasteiger partial charge < -0.3 is 10.6 Å². The number of carbonyl (C=O) groups is 1. The number of hydrogen-bond acceptors (Lipinski definition) is 3. The first-order chi connectivity index (χ1) is 8.75. The molecule has 0 unspecified atom stereocenters. The van der Waals surface area contributed by atoms with E-state index in [1.54, 1.807) is 11.3 Å². The predicted molar refractivity (Wildman–Crippen MR) is 79.6 cm³/mol. The third-order valence-corrected chi connectivity index (χ3v) is 5.41. The number of urea groups is 1. The summed E-state index contributed by atoms with van der Waals surface area (Å²) in [7, 11) is 0. The molecule has 5 heteroatoms. The van der Waals surface area contributed by atoms with Crippen molar-refractivity contribution in [3.63, 3.8) is 0 Å². The predicted octanol–water partition coefficient (Wildman–Crippen LogP) is 3.05. The van der Waals surface area contributed by atoms with Crippen LogP contribution in [0.4, 0.5) is 4.79 Å². The third-order valence-electron chi connectivity index (χ3n) is 3.09. The van der Waals surface area contributed by atoms with Crippen LogP contribution < -0.4 is 10.6 Å². The van der Waals surface area contributed by atoms with E-state index in [1.165, 1.54) is 17.1 Å². The second-order valence-corrected chi connectivity index (χ2v) is 6.81. The van der Waals surface area contributed by atoms with Crippen molar-refractivity contribution in [3.05, 3.63) is 22.4 Å². The van der Waals surface area contributed by atoms with Crippen LogP contribution in [-0.4, -0.2) is 30.1 Å². The molecule has 0 aromatic carbocycles. The lowest BCUT2D eigenvalue weighted by Gasteiger charge is -2.23. The largest absolute Gasteiger partial charge is 0.338 e. The minimum atomic E-state index is -0.0223. The molecule has 0 bridgehead atoms. The van der Waals surface area contributed by atoms with Gasteiger partial charge in [-0.1, -0.05) is 13.0 Å². The zero-order chi connectivity index (χ0) is 12.8. The van der Waals surface area contributed by atoms with Crippen LogP contribution in [0.15, 0.2) is 17.5 Å². The van der Waals surface area contributed by atoms with Gasteiger partial charge in [-0.15, -0.1) is 11.3 Å². The summed E-state index contributed by atoms with van der Waals surface area (Å²) >= 11 is 3.67. The van der Waals surface area contributed by atoms with Gasteiger partial charge in [0.15, 0.2) is 0 Å². The van der Waals surface area contributed by atoms with Gasteiger partial charge in [0.05, 0.1) is 0 Å². The molecule has 1 aromatic heterocycles. The Kier molecular flexibility index (Phi) is 5.38. The molecule has 1 aliphatic heterocycles.